The number of pyridine rings is 1. The molecule has 0 amide bonds. The zero-order valence-electron chi connectivity index (χ0n) is 10.6. The quantitative estimate of drug-likeness (QED) is 0.741. The van der Waals surface area contributed by atoms with Crippen molar-refractivity contribution in [3.8, 4) is 0 Å². The fourth-order valence-corrected chi connectivity index (χ4v) is 1.69. The topological polar surface area (TPSA) is 56.6 Å². The molecular weight excluding hydrogens is 216 g/mol. The van der Waals surface area contributed by atoms with Crippen molar-refractivity contribution in [3.63, 3.8) is 0 Å². The summed E-state index contributed by atoms with van der Waals surface area (Å²) in [6.45, 7) is 6.20. The second-order valence-electron chi connectivity index (χ2n) is 4.75. The minimum absolute atomic E-state index is 0.0117. The van der Waals surface area contributed by atoms with Crippen LogP contribution in [0.1, 0.15) is 19.5 Å². The first-order valence-electron chi connectivity index (χ1n) is 5.97. The molecule has 1 aromatic rings. The molecule has 0 unspecified atom stereocenters. The highest BCUT2D eigenvalue weighted by Crippen LogP contribution is 2.17. The van der Waals surface area contributed by atoms with Crippen molar-refractivity contribution in [1.29, 1.82) is 0 Å². The Labute approximate surface area is 103 Å². The molecule has 4 nitrogen and oxygen atoms in total. The van der Waals surface area contributed by atoms with Crippen LogP contribution in [0.3, 0.4) is 0 Å². The van der Waals surface area contributed by atoms with E-state index >= 15 is 0 Å². The smallest absolute Gasteiger partial charge is 0.0543 e. The van der Waals surface area contributed by atoms with E-state index in [2.05, 4.69) is 16.8 Å². The SMILES string of the molecule is CCN(Cc1ccccn1)CC(C)(CO)CO. The summed E-state index contributed by atoms with van der Waals surface area (Å²) in [4.78, 5) is 6.46. The molecule has 0 radical (unpaired) electrons. The Morgan fingerprint density at radius 1 is 1.29 bits per heavy atom. The first-order valence-corrected chi connectivity index (χ1v) is 5.97. The second kappa shape index (κ2) is 6.69. The molecule has 0 saturated heterocycles. The number of aliphatic hydroxyl groups is 2. The third-order valence-corrected chi connectivity index (χ3v) is 2.93. The minimum atomic E-state index is -0.454. The fraction of sp³-hybridized carbons (Fsp3) is 0.615. The van der Waals surface area contributed by atoms with Gasteiger partial charge in [-0.1, -0.05) is 19.9 Å². The molecule has 0 aromatic carbocycles. The largest absolute Gasteiger partial charge is 0.396 e. The van der Waals surface area contributed by atoms with Crippen LogP contribution in [-0.2, 0) is 6.54 Å². The van der Waals surface area contributed by atoms with Crippen LogP contribution in [0.5, 0.6) is 0 Å². The molecule has 0 saturated carbocycles. The summed E-state index contributed by atoms with van der Waals surface area (Å²) < 4.78 is 0. The highest BCUT2D eigenvalue weighted by molar-refractivity contribution is 5.03. The van der Waals surface area contributed by atoms with Crippen LogP contribution < -0.4 is 0 Å². The summed E-state index contributed by atoms with van der Waals surface area (Å²) in [6, 6.07) is 5.84. The molecule has 4 heteroatoms. The van der Waals surface area contributed by atoms with Gasteiger partial charge < -0.3 is 10.2 Å². The molecule has 0 atom stereocenters. The molecule has 0 bridgehead atoms. The Hall–Kier alpha value is -0.970. The minimum Gasteiger partial charge on any atom is -0.396 e. The summed E-state index contributed by atoms with van der Waals surface area (Å²) in [5.74, 6) is 0. The molecule has 0 aliphatic carbocycles. The van der Waals surface area contributed by atoms with Gasteiger partial charge in [0.2, 0.25) is 0 Å². The molecule has 96 valence electrons. The van der Waals surface area contributed by atoms with Gasteiger partial charge in [0.25, 0.3) is 0 Å². The maximum absolute atomic E-state index is 9.29. The molecule has 1 heterocycles. The molecule has 17 heavy (non-hydrogen) atoms. The van der Waals surface area contributed by atoms with Crippen LogP contribution in [0.25, 0.3) is 0 Å². The van der Waals surface area contributed by atoms with Crippen molar-refractivity contribution in [1.82, 2.24) is 9.88 Å². The zero-order valence-corrected chi connectivity index (χ0v) is 10.6. The molecular formula is C13H22N2O2. The Morgan fingerprint density at radius 2 is 2.00 bits per heavy atom. The van der Waals surface area contributed by atoms with E-state index in [-0.39, 0.29) is 13.2 Å². The summed E-state index contributed by atoms with van der Waals surface area (Å²) in [5, 5.41) is 18.6. The molecule has 0 aliphatic rings. The van der Waals surface area contributed by atoms with Gasteiger partial charge in [-0.3, -0.25) is 9.88 Å². The lowest BCUT2D eigenvalue weighted by Crippen LogP contribution is -2.40. The average molecular weight is 238 g/mol. The maximum Gasteiger partial charge on any atom is 0.0543 e. The lowest BCUT2D eigenvalue weighted by atomic mass is 9.92. The number of hydrogen-bond donors (Lipinski definition) is 2. The van der Waals surface area contributed by atoms with Crippen molar-refractivity contribution >= 4 is 0 Å². The van der Waals surface area contributed by atoms with Crippen molar-refractivity contribution in [3.05, 3.63) is 30.1 Å². The van der Waals surface area contributed by atoms with E-state index < -0.39 is 5.41 Å². The Kier molecular flexibility index (Phi) is 5.55. The molecule has 0 spiro atoms. The van der Waals surface area contributed by atoms with Crippen LogP contribution in [0, 0.1) is 5.41 Å². The normalized spacial score (nSPS) is 12.1. The van der Waals surface area contributed by atoms with Crippen LogP contribution >= 0.6 is 0 Å². The highest BCUT2D eigenvalue weighted by Gasteiger charge is 2.25. The predicted octanol–water partition coefficient (Wildman–Crippen LogP) is 0.894. The number of hydrogen-bond acceptors (Lipinski definition) is 4. The maximum atomic E-state index is 9.29. The molecule has 2 N–H and O–H groups in total. The van der Waals surface area contributed by atoms with Gasteiger partial charge in [0.15, 0.2) is 0 Å². The van der Waals surface area contributed by atoms with Crippen molar-refractivity contribution in [2.24, 2.45) is 5.41 Å². The van der Waals surface area contributed by atoms with Gasteiger partial charge in [-0.15, -0.1) is 0 Å². The Balaban J connectivity index is 2.60. The molecule has 1 rings (SSSR count). The lowest BCUT2D eigenvalue weighted by Gasteiger charge is -2.31. The third-order valence-electron chi connectivity index (χ3n) is 2.93. The number of rotatable bonds is 7. The summed E-state index contributed by atoms with van der Waals surface area (Å²) >= 11 is 0. The monoisotopic (exact) mass is 238 g/mol. The van der Waals surface area contributed by atoms with Gasteiger partial charge >= 0.3 is 0 Å². The Morgan fingerprint density at radius 3 is 2.47 bits per heavy atom. The molecule has 1 aromatic heterocycles. The van der Waals surface area contributed by atoms with Gasteiger partial charge in [0.1, 0.15) is 0 Å². The summed E-state index contributed by atoms with van der Waals surface area (Å²) in [6.07, 6.45) is 1.78. The Bertz CT molecular complexity index is 312. The van der Waals surface area contributed by atoms with Crippen LogP contribution in [-0.4, -0.2) is 46.4 Å². The van der Waals surface area contributed by atoms with Crippen LogP contribution in [0.2, 0.25) is 0 Å². The fourth-order valence-electron chi connectivity index (χ4n) is 1.69. The van der Waals surface area contributed by atoms with E-state index in [1.165, 1.54) is 0 Å². The first kappa shape index (κ1) is 14.1. The van der Waals surface area contributed by atoms with Crippen molar-refractivity contribution in [2.75, 3.05) is 26.3 Å². The van der Waals surface area contributed by atoms with E-state index in [9.17, 15) is 10.2 Å². The highest BCUT2D eigenvalue weighted by atomic mass is 16.3. The number of nitrogens with zero attached hydrogens (tertiary/aromatic N) is 2. The molecule has 0 fully saturated rings. The second-order valence-corrected chi connectivity index (χ2v) is 4.75. The van der Waals surface area contributed by atoms with Gasteiger partial charge in [-0.05, 0) is 18.7 Å². The predicted molar refractivity (Wildman–Crippen MR) is 67.5 cm³/mol. The van der Waals surface area contributed by atoms with E-state index in [1.54, 1.807) is 6.20 Å². The van der Waals surface area contributed by atoms with Crippen molar-refractivity contribution in [2.45, 2.75) is 20.4 Å². The van der Waals surface area contributed by atoms with Gasteiger partial charge in [-0.25, -0.2) is 0 Å². The zero-order chi connectivity index (χ0) is 12.7. The first-order chi connectivity index (χ1) is 8.13. The summed E-state index contributed by atoms with van der Waals surface area (Å²) in [5.41, 5.74) is 0.553. The number of aromatic nitrogens is 1. The van der Waals surface area contributed by atoms with Crippen LogP contribution in [0.4, 0.5) is 0 Å². The van der Waals surface area contributed by atoms with Gasteiger partial charge in [0, 0.05) is 24.7 Å². The van der Waals surface area contributed by atoms with E-state index in [0.29, 0.717) is 6.54 Å². The van der Waals surface area contributed by atoms with Gasteiger partial charge in [0.05, 0.1) is 18.9 Å². The average Bonchev–Trinajstić information content (AvgIpc) is 2.39. The van der Waals surface area contributed by atoms with Crippen LogP contribution in [0.15, 0.2) is 24.4 Å². The van der Waals surface area contributed by atoms with E-state index in [0.717, 1.165) is 18.8 Å². The molecule has 0 aliphatic heterocycles. The standard InChI is InChI=1S/C13H22N2O2/c1-3-15(9-13(2,10-16)11-17)8-12-6-4-5-7-14-12/h4-7,16-17H,3,8-11H2,1-2H3. The third kappa shape index (κ3) is 4.42. The van der Waals surface area contributed by atoms with E-state index in [4.69, 9.17) is 0 Å². The van der Waals surface area contributed by atoms with E-state index in [1.807, 2.05) is 25.1 Å². The van der Waals surface area contributed by atoms with Crippen molar-refractivity contribution < 1.29 is 10.2 Å². The lowest BCUT2D eigenvalue weighted by molar-refractivity contribution is 0.0339. The number of aliphatic hydroxyl groups excluding tert-OH is 2. The van der Waals surface area contributed by atoms with Gasteiger partial charge in [-0.2, -0.15) is 0 Å². The summed E-state index contributed by atoms with van der Waals surface area (Å²) in [7, 11) is 0.